The molecule has 1 aromatic rings. The van der Waals surface area contributed by atoms with E-state index in [1.165, 1.54) is 0 Å². The number of alkyl carbamates (subject to hydrolysis) is 1. The SMILES string of the molecule is Cc1cccc(C)c1OCC(C)NC(=O)CNC(=O)OC(C)(C)C. The molecular formula is C18H28N2O4. The van der Waals surface area contributed by atoms with Crippen LogP contribution in [-0.2, 0) is 9.53 Å². The molecule has 0 saturated carbocycles. The summed E-state index contributed by atoms with van der Waals surface area (Å²) in [4.78, 5) is 23.3. The summed E-state index contributed by atoms with van der Waals surface area (Å²) in [6, 6.07) is 5.76. The molecule has 2 N–H and O–H groups in total. The van der Waals surface area contributed by atoms with Gasteiger partial charge in [0.05, 0.1) is 6.04 Å². The zero-order valence-electron chi connectivity index (χ0n) is 15.4. The van der Waals surface area contributed by atoms with Crippen molar-refractivity contribution >= 4 is 12.0 Å². The van der Waals surface area contributed by atoms with Gasteiger partial charge in [-0.05, 0) is 52.7 Å². The average Bonchev–Trinajstić information content (AvgIpc) is 2.43. The van der Waals surface area contributed by atoms with Crippen LogP contribution in [0.5, 0.6) is 5.75 Å². The van der Waals surface area contributed by atoms with E-state index in [4.69, 9.17) is 9.47 Å². The standard InChI is InChI=1S/C18H28N2O4/c1-12-8-7-9-13(2)16(12)23-11-14(3)20-15(21)10-19-17(22)24-18(4,5)6/h7-9,14H,10-11H2,1-6H3,(H,19,22)(H,20,21). The van der Waals surface area contributed by atoms with Crippen LogP contribution in [0.2, 0.25) is 0 Å². The summed E-state index contributed by atoms with van der Waals surface area (Å²) in [5.41, 5.74) is 1.52. The Morgan fingerprint density at radius 3 is 2.29 bits per heavy atom. The molecule has 134 valence electrons. The number of ether oxygens (including phenoxy) is 2. The van der Waals surface area contributed by atoms with Crippen molar-refractivity contribution in [2.45, 2.75) is 53.2 Å². The van der Waals surface area contributed by atoms with Gasteiger partial charge in [-0.15, -0.1) is 0 Å². The number of hydrogen-bond donors (Lipinski definition) is 2. The van der Waals surface area contributed by atoms with Gasteiger partial charge in [-0.1, -0.05) is 18.2 Å². The average molecular weight is 336 g/mol. The zero-order valence-corrected chi connectivity index (χ0v) is 15.4. The van der Waals surface area contributed by atoms with Gasteiger partial charge in [0, 0.05) is 0 Å². The first kappa shape index (κ1) is 19.8. The summed E-state index contributed by atoms with van der Waals surface area (Å²) in [7, 11) is 0. The highest BCUT2D eigenvalue weighted by atomic mass is 16.6. The lowest BCUT2D eigenvalue weighted by atomic mass is 10.1. The lowest BCUT2D eigenvalue weighted by Gasteiger charge is -2.20. The van der Waals surface area contributed by atoms with Crippen molar-refractivity contribution in [3.05, 3.63) is 29.3 Å². The van der Waals surface area contributed by atoms with E-state index in [0.29, 0.717) is 6.61 Å². The number of para-hydroxylation sites is 1. The largest absolute Gasteiger partial charge is 0.491 e. The molecule has 1 atom stereocenters. The number of hydrogen-bond acceptors (Lipinski definition) is 4. The van der Waals surface area contributed by atoms with Crippen LogP contribution in [-0.4, -0.2) is 36.8 Å². The Labute approximate surface area is 143 Å². The van der Waals surface area contributed by atoms with E-state index in [2.05, 4.69) is 10.6 Å². The summed E-state index contributed by atoms with van der Waals surface area (Å²) in [6.07, 6.45) is -0.614. The van der Waals surface area contributed by atoms with E-state index in [1.807, 2.05) is 39.0 Å². The van der Waals surface area contributed by atoms with Crippen LogP contribution in [0.1, 0.15) is 38.8 Å². The van der Waals surface area contributed by atoms with Crippen LogP contribution in [0.4, 0.5) is 4.79 Å². The highest BCUT2D eigenvalue weighted by molar-refractivity contribution is 5.82. The molecule has 0 radical (unpaired) electrons. The van der Waals surface area contributed by atoms with Crippen molar-refractivity contribution in [3.8, 4) is 5.75 Å². The fraction of sp³-hybridized carbons (Fsp3) is 0.556. The third kappa shape index (κ3) is 7.35. The van der Waals surface area contributed by atoms with E-state index in [0.717, 1.165) is 16.9 Å². The van der Waals surface area contributed by atoms with Crippen molar-refractivity contribution in [1.82, 2.24) is 10.6 Å². The highest BCUT2D eigenvalue weighted by Gasteiger charge is 2.17. The lowest BCUT2D eigenvalue weighted by Crippen LogP contribution is -2.44. The summed E-state index contributed by atoms with van der Waals surface area (Å²) in [6.45, 7) is 11.3. The predicted molar refractivity (Wildman–Crippen MR) is 93.3 cm³/mol. The molecule has 0 bridgehead atoms. The Bertz CT molecular complexity index is 559. The van der Waals surface area contributed by atoms with Crippen molar-refractivity contribution in [2.24, 2.45) is 0 Å². The molecule has 0 saturated heterocycles. The van der Waals surface area contributed by atoms with Crippen LogP contribution < -0.4 is 15.4 Å². The van der Waals surface area contributed by atoms with Gasteiger partial charge in [0.25, 0.3) is 0 Å². The number of carbonyl (C=O) groups is 2. The minimum atomic E-state index is -0.614. The predicted octanol–water partition coefficient (Wildman–Crippen LogP) is 2.71. The third-order valence-corrected chi connectivity index (χ3v) is 3.09. The van der Waals surface area contributed by atoms with E-state index in [1.54, 1.807) is 20.8 Å². The van der Waals surface area contributed by atoms with Gasteiger partial charge in [-0.3, -0.25) is 4.79 Å². The molecule has 0 aromatic heterocycles. The van der Waals surface area contributed by atoms with E-state index in [-0.39, 0.29) is 18.5 Å². The molecule has 6 heteroatoms. The number of amides is 2. The van der Waals surface area contributed by atoms with Crippen molar-refractivity contribution in [2.75, 3.05) is 13.2 Å². The molecule has 0 aliphatic carbocycles. The van der Waals surface area contributed by atoms with Gasteiger partial charge < -0.3 is 20.1 Å². The Hall–Kier alpha value is -2.24. The van der Waals surface area contributed by atoms with Gasteiger partial charge in [0.1, 0.15) is 24.5 Å². The molecule has 1 unspecified atom stereocenters. The summed E-state index contributed by atoms with van der Waals surface area (Å²) in [5.74, 6) is 0.545. The van der Waals surface area contributed by atoms with Gasteiger partial charge >= 0.3 is 6.09 Å². The van der Waals surface area contributed by atoms with Crippen LogP contribution in [0.3, 0.4) is 0 Å². The third-order valence-electron chi connectivity index (χ3n) is 3.09. The van der Waals surface area contributed by atoms with Crippen LogP contribution in [0.25, 0.3) is 0 Å². The minimum Gasteiger partial charge on any atom is -0.491 e. The number of rotatable bonds is 6. The number of nitrogens with one attached hydrogen (secondary N) is 2. The molecule has 0 aliphatic rings. The van der Waals surface area contributed by atoms with E-state index in [9.17, 15) is 9.59 Å². The molecular weight excluding hydrogens is 308 g/mol. The maximum Gasteiger partial charge on any atom is 0.408 e. The fourth-order valence-corrected chi connectivity index (χ4v) is 2.07. The molecule has 1 rings (SSSR count). The maximum absolute atomic E-state index is 11.8. The zero-order chi connectivity index (χ0) is 18.3. The maximum atomic E-state index is 11.8. The summed E-state index contributed by atoms with van der Waals surface area (Å²) in [5, 5.41) is 5.20. The highest BCUT2D eigenvalue weighted by Crippen LogP contribution is 2.22. The van der Waals surface area contributed by atoms with E-state index < -0.39 is 11.7 Å². The Balaban J connectivity index is 2.36. The molecule has 2 amide bonds. The van der Waals surface area contributed by atoms with Crippen LogP contribution in [0.15, 0.2) is 18.2 Å². The first-order chi connectivity index (χ1) is 11.1. The second-order valence-corrected chi connectivity index (χ2v) is 6.86. The second-order valence-electron chi connectivity index (χ2n) is 6.86. The quantitative estimate of drug-likeness (QED) is 0.837. The van der Waals surface area contributed by atoms with Gasteiger partial charge in [0.15, 0.2) is 0 Å². The molecule has 24 heavy (non-hydrogen) atoms. The number of carbonyl (C=O) groups excluding carboxylic acids is 2. The lowest BCUT2D eigenvalue weighted by molar-refractivity contribution is -0.121. The first-order valence-electron chi connectivity index (χ1n) is 8.03. The Morgan fingerprint density at radius 1 is 1.17 bits per heavy atom. The van der Waals surface area contributed by atoms with Gasteiger partial charge in [0.2, 0.25) is 5.91 Å². The monoisotopic (exact) mass is 336 g/mol. The topological polar surface area (TPSA) is 76.7 Å². The van der Waals surface area contributed by atoms with Gasteiger partial charge in [-0.2, -0.15) is 0 Å². The smallest absolute Gasteiger partial charge is 0.408 e. The minimum absolute atomic E-state index is 0.136. The number of benzene rings is 1. The van der Waals surface area contributed by atoms with Crippen molar-refractivity contribution in [3.63, 3.8) is 0 Å². The summed E-state index contributed by atoms with van der Waals surface area (Å²) >= 11 is 0. The molecule has 0 heterocycles. The number of aryl methyl sites for hydroxylation is 2. The molecule has 6 nitrogen and oxygen atoms in total. The van der Waals surface area contributed by atoms with Crippen molar-refractivity contribution < 1.29 is 19.1 Å². The normalized spacial score (nSPS) is 12.2. The van der Waals surface area contributed by atoms with E-state index >= 15 is 0 Å². The summed E-state index contributed by atoms with van der Waals surface area (Å²) < 4.78 is 10.9. The molecule has 0 spiro atoms. The van der Waals surface area contributed by atoms with Crippen LogP contribution >= 0.6 is 0 Å². The van der Waals surface area contributed by atoms with Crippen molar-refractivity contribution in [1.29, 1.82) is 0 Å². The van der Waals surface area contributed by atoms with Crippen LogP contribution in [0, 0.1) is 13.8 Å². The van der Waals surface area contributed by atoms with Gasteiger partial charge in [-0.25, -0.2) is 4.79 Å². The molecule has 0 fully saturated rings. The Morgan fingerprint density at radius 2 is 1.75 bits per heavy atom. The second kappa shape index (κ2) is 8.57. The molecule has 0 aliphatic heterocycles. The Kier molecular flexibility index (Phi) is 7.07. The fourth-order valence-electron chi connectivity index (χ4n) is 2.07. The first-order valence-corrected chi connectivity index (χ1v) is 8.03. The molecule has 1 aromatic carbocycles.